The highest BCUT2D eigenvalue weighted by Gasteiger charge is 2.05. The summed E-state index contributed by atoms with van der Waals surface area (Å²) in [5, 5.41) is 1.29. The summed E-state index contributed by atoms with van der Waals surface area (Å²) in [6.07, 6.45) is 3.06. The van der Waals surface area contributed by atoms with Crippen LogP contribution in [0.1, 0.15) is 37.3 Å². The van der Waals surface area contributed by atoms with Crippen LogP contribution in [0, 0.1) is 6.92 Å². The SMILES string of the molecule is CC[C@H](C)c1ccc2nccc(C)c2c1. The van der Waals surface area contributed by atoms with Gasteiger partial charge in [-0.15, -0.1) is 0 Å². The molecule has 0 fully saturated rings. The molecule has 1 nitrogen and oxygen atoms in total. The lowest BCUT2D eigenvalue weighted by Crippen LogP contribution is -1.92. The summed E-state index contributed by atoms with van der Waals surface area (Å²) in [5.41, 5.74) is 3.83. The van der Waals surface area contributed by atoms with Crippen molar-refractivity contribution in [2.75, 3.05) is 0 Å². The van der Waals surface area contributed by atoms with Gasteiger partial charge in [0.15, 0.2) is 0 Å². The third kappa shape index (κ3) is 1.87. The number of pyridine rings is 1. The molecule has 1 aromatic carbocycles. The van der Waals surface area contributed by atoms with Gasteiger partial charge < -0.3 is 0 Å². The van der Waals surface area contributed by atoms with Crippen molar-refractivity contribution in [3.05, 3.63) is 41.6 Å². The van der Waals surface area contributed by atoms with Crippen LogP contribution in [0.2, 0.25) is 0 Å². The molecule has 0 unspecified atom stereocenters. The fourth-order valence-corrected chi connectivity index (χ4v) is 1.84. The van der Waals surface area contributed by atoms with Crippen molar-refractivity contribution in [1.29, 1.82) is 0 Å². The van der Waals surface area contributed by atoms with Crippen molar-refractivity contribution in [2.45, 2.75) is 33.1 Å². The van der Waals surface area contributed by atoms with Crippen LogP contribution in [0.4, 0.5) is 0 Å². The molecule has 0 aliphatic rings. The van der Waals surface area contributed by atoms with Gasteiger partial charge in [0, 0.05) is 11.6 Å². The van der Waals surface area contributed by atoms with Crippen molar-refractivity contribution >= 4 is 10.9 Å². The van der Waals surface area contributed by atoms with Crippen LogP contribution in [0.15, 0.2) is 30.5 Å². The lowest BCUT2D eigenvalue weighted by molar-refractivity contribution is 0.734. The zero-order valence-electron chi connectivity index (χ0n) is 9.62. The topological polar surface area (TPSA) is 12.9 Å². The van der Waals surface area contributed by atoms with E-state index in [4.69, 9.17) is 0 Å². The number of fused-ring (bicyclic) bond motifs is 1. The van der Waals surface area contributed by atoms with Crippen molar-refractivity contribution in [2.24, 2.45) is 0 Å². The monoisotopic (exact) mass is 199 g/mol. The van der Waals surface area contributed by atoms with Crippen LogP contribution in [-0.2, 0) is 0 Å². The number of aryl methyl sites for hydroxylation is 1. The Balaban J connectivity index is 2.59. The first-order valence-electron chi connectivity index (χ1n) is 5.57. The lowest BCUT2D eigenvalue weighted by atomic mass is 9.96. The minimum Gasteiger partial charge on any atom is -0.256 e. The van der Waals surface area contributed by atoms with Crippen LogP contribution < -0.4 is 0 Å². The van der Waals surface area contributed by atoms with E-state index in [2.05, 4.69) is 50.0 Å². The van der Waals surface area contributed by atoms with E-state index >= 15 is 0 Å². The number of hydrogen-bond acceptors (Lipinski definition) is 1. The molecule has 0 amide bonds. The molecule has 0 aliphatic heterocycles. The predicted molar refractivity (Wildman–Crippen MR) is 65.2 cm³/mol. The maximum absolute atomic E-state index is 4.37. The summed E-state index contributed by atoms with van der Waals surface area (Å²) in [4.78, 5) is 4.37. The van der Waals surface area contributed by atoms with E-state index in [1.807, 2.05) is 6.20 Å². The summed E-state index contributed by atoms with van der Waals surface area (Å²) >= 11 is 0. The highest BCUT2D eigenvalue weighted by molar-refractivity contribution is 5.82. The molecule has 15 heavy (non-hydrogen) atoms. The number of rotatable bonds is 2. The third-order valence-electron chi connectivity index (χ3n) is 3.17. The number of nitrogens with zero attached hydrogens (tertiary/aromatic N) is 1. The van der Waals surface area contributed by atoms with Gasteiger partial charge in [-0.2, -0.15) is 0 Å². The van der Waals surface area contributed by atoms with Crippen LogP contribution in [0.25, 0.3) is 10.9 Å². The van der Waals surface area contributed by atoms with E-state index < -0.39 is 0 Å². The van der Waals surface area contributed by atoms with Crippen molar-refractivity contribution < 1.29 is 0 Å². The number of benzene rings is 1. The van der Waals surface area contributed by atoms with Crippen LogP contribution >= 0.6 is 0 Å². The second-order valence-corrected chi connectivity index (χ2v) is 4.21. The van der Waals surface area contributed by atoms with Gasteiger partial charge in [0.2, 0.25) is 0 Å². The zero-order chi connectivity index (χ0) is 10.8. The Morgan fingerprint density at radius 3 is 2.80 bits per heavy atom. The number of hydrogen-bond donors (Lipinski definition) is 0. The van der Waals surface area contributed by atoms with Gasteiger partial charge in [-0.25, -0.2) is 0 Å². The van der Waals surface area contributed by atoms with E-state index in [-0.39, 0.29) is 0 Å². The normalized spacial score (nSPS) is 13.0. The molecule has 0 saturated carbocycles. The van der Waals surface area contributed by atoms with Crippen LogP contribution in [0.5, 0.6) is 0 Å². The van der Waals surface area contributed by atoms with Gasteiger partial charge in [-0.3, -0.25) is 4.98 Å². The summed E-state index contributed by atoms with van der Waals surface area (Å²) < 4.78 is 0. The van der Waals surface area contributed by atoms with Gasteiger partial charge >= 0.3 is 0 Å². The second kappa shape index (κ2) is 4.01. The summed E-state index contributed by atoms with van der Waals surface area (Å²) in [6.45, 7) is 6.64. The largest absolute Gasteiger partial charge is 0.256 e. The molecule has 1 heterocycles. The van der Waals surface area contributed by atoms with Gasteiger partial charge in [-0.05, 0) is 48.6 Å². The predicted octanol–water partition coefficient (Wildman–Crippen LogP) is 4.06. The molecule has 1 atom stereocenters. The van der Waals surface area contributed by atoms with Gasteiger partial charge in [0.1, 0.15) is 0 Å². The van der Waals surface area contributed by atoms with Gasteiger partial charge in [0.25, 0.3) is 0 Å². The summed E-state index contributed by atoms with van der Waals surface area (Å²) in [5.74, 6) is 0.633. The quantitative estimate of drug-likeness (QED) is 0.710. The van der Waals surface area contributed by atoms with Crippen molar-refractivity contribution in [1.82, 2.24) is 4.98 Å². The second-order valence-electron chi connectivity index (χ2n) is 4.21. The first-order valence-corrected chi connectivity index (χ1v) is 5.57. The standard InChI is InChI=1S/C14H17N/c1-4-10(2)12-5-6-14-13(9-12)11(3)7-8-15-14/h5-10H,4H2,1-3H3/t10-/m0/s1. The summed E-state index contributed by atoms with van der Waals surface area (Å²) in [6, 6.07) is 8.68. The Morgan fingerprint density at radius 1 is 1.27 bits per heavy atom. The highest BCUT2D eigenvalue weighted by Crippen LogP contribution is 2.24. The molecule has 0 radical (unpaired) electrons. The molecular weight excluding hydrogens is 182 g/mol. The van der Waals surface area contributed by atoms with E-state index in [9.17, 15) is 0 Å². The molecule has 78 valence electrons. The van der Waals surface area contributed by atoms with Gasteiger partial charge in [-0.1, -0.05) is 19.9 Å². The Kier molecular flexibility index (Phi) is 2.72. The first-order chi connectivity index (χ1) is 7.22. The maximum atomic E-state index is 4.37. The van der Waals surface area contributed by atoms with E-state index in [1.54, 1.807) is 0 Å². The fraction of sp³-hybridized carbons (Fsp3) is 0.357. The smallest absolute Gasteiger partial charge is 0.0704 e. The van der Waals surface area contributed by atoms with E-state index in [1.165, 1.54) is 22.9 Å². The average Bonchev–Trinajstić information content (AvgIpc) is 2.28. The Hall–Kier alpha value is -1.37. The Morgan fingerprint density at radius 2 is 2.07 bits per heavy atom. The minimum atomic E-state index is 0.633. The molecule has 2 aromatic rings. The molecule has 0 N–H and O–H groups in total. The van der Waals surface area contributed by atoms with Gasteiger partial charge in [0.05, 0.1) is 5.52 Å². The molecule has 0 saturated heterocycles. The number of aromatic nitrogens is 1. The van der Waals surface area contributed by atoms with Crippen LogP contribution in [-0.4, -0.2) is 4.98 Å². The van der Waals surface area contributed by atoms with Crippen molar-refractivity contribution in [3.63, 3.8) is 0 Å². The van der Waals surface area contributed by atoms with Crippen molar-refractivity contribution in [3.8, 4) is 0 Å². The maximum Gasteiger partial charge on any atom is 0.0704 e. The molecular formula is C14H17N. The molecule has 0 aliphatic carbocycles. The lowest BCUT2D eigenvalue weighted by Gasteiger charge is -2.10. The van der Waals surface area contributed by atoms with Crippen LogP contribution in [0.3, 0.4) is 0 Å². The molecule has 2 rings (SSSR count). The molecule has 0 bridgehead atoms. The highest BCUT2D eigenvalue weighted by atomic mass is 14.6. The minimum absolute atomic E-state index is 0.633. The Labute approximate surface area is 91.2 Å². The molecule has 0 spiro atoms. The Bertz CT molecular complexity index is 474. The summed E-state index contributed by atoms with van der Waals surface area (Å²) in [7, 11) is 0. The fourth-order valence-electron chi connectivity index (χ4n) is 1.84. The van der Waals surface area contributed by atoms with E-state index in [0.717, 1.165) is 5.52 Å². The van der Waals surface area contributed by atoms with E-state index in [0.29, 0.717) is 5.92 Å². The third-order valence-corrected chi connectivity index (χ3v) is 3.17. The zero-order valence-corrected chi connectivity index (χ0v) is 9.62. The molecule has 1 aromatic heterocycles. The first kappa shape index (κ1) is 10.2. The molecule has 1 heteroatoms. The average molecular weight is 199 g/mol.